The number of aliphatic carboxylic acids is 2. The molecule has 0 unspecified atom stereocenters. The van der Waals surface area contributed by atoms with Crippen molar-refractivity contribution in [3.05, 3.63) is 0 Å². The molecule has 0 aromatic carbocycles. The molecule has 1 amide bonds. The van der Waals surface area contributed by atoms with Crippen LogP contribution in [0.4, 0.5) is 0 Å². The molecule has 0 radical (unpaired) electrons. The molecule has 0 aromatic heterocycles. The molecular weight excluding hydrogens is 230 g/mol. The number of carbonyl (C=O) groups is 3. The van der Waals surface area contributed by atoms with E-state index in [1.165, 1.54) is 0 Å². The van der Waals surface area contributed by atoms with E-state index in [1.807, 2.05) is 0 Å². The van der Waals surface area contributed by atoms with Crippen LogP contribution in [0.25, 0.3) is 0 Å². The third-order valence-electron chi connectivity index (χ3n) is 1.65. The van der Waals surface area contributed by atoms with Gasteiger partial charge in [-0.2, -0.15) is 0 Å². The number of amides is 1. The first-order chi connectivity index (χ1) is 7.61. The van der Waals surface area contributed by atoms with Crippen molar-refractivity contribution < 1.29 is 29.3 Å². The fourth-order valence-electron chi connectivity index (χ4n) is 0.893. The third-order valence-corrected chi connectivity index (χ3v) is 1.65. The van der Waals surface area contributed by atoms with Crippen LogP contribution in [-0.2, 0) is 19.1 Å². The average molecular weight is 247 g/mol. The van der Waals surface area contributed by atoms with Gasteiger partial charge in [0.15, 0.2) is 0 Å². The molecule has 98 valence electrons. The molecule has 0 aliphatic carbocycles. The smallest absolute Gasteiger partial charge is 0.326 e. The van der Waals surface area contributed by atoms with Gasteiger partial charge in [-0.05, 0) is 20.8 Å². The Morgan fingerprint density at radius 3 is 2.12 bits per heavy atom. The van der Waals surface area contributed by atoms with Crippen LogP contribution in [0.1, 0.15) is 27.2 Å². The molecule has 0 spiro atoms. The van der Waals surface area contributed by atoms with E-state index in [2.05, 4.69) is 5.32 Å². The number of rotatable bonds is 6. The minimum Gasteiger partial charge on any atom is -0.481 e. The van der Waals surface area contributed by atoms with Crippen LogP contribution in [0.3, 0.4) is 0 Å². The third kappa shape index (κ3) is 8.21. The molecule has 0 saturated carbocycles. The lowest BCUT2D eigenvalue weighted by atomic mass is 10.2. The second-order valence-electron chi connectivity index (χ2n) is 4.46. The van der Waals surface area contributed by atoms with Crippen molar-refractivity contribution >= 4 is 17.8 Å². The van der Waals surface area contributed by atoms with Crippen molar-refractivity contribution in [3.63, 3.8) is 0 Å². The average Bonchev–Trinajstić information content (AvgIpc) is 2.11. The summed E-state index contributed by atoms with van der Waals surface area (Å²) < 4.78 is 5.12. The van der Waals surface area contributed by atoms with Crippen LogP contribution in [0.5, 0.6) is 0 Å². The van der Waals surface area contributed by atoms with Crippen LogP contribution >= 0.6 is 0 Å². The van der Waals surface area contributed by atoms with Gasteiger partial charge >= 0.3 is 11.9 Å². The number of carboxylic acids is 2. The Morgan fingerprint density at radius 2 is 1.76 bits per heavy atom. The predicted octanol–water partition coefficient (Wildman–Crippen LogP) is -0.154. The largest absolute Gasteiger partial charge is 0.481 e. The summed E-state index contributed by atoms with van der Waals surface area (Å²) in [4.78, 5) is 32.3. The second kappa shape index (κ2) is 6.19. The molecule has 1 atom stereocenters. The van der Waals surface area contributed by atoms with Crippen LogP contribution in [0.2, 0.25) is 0 Å². The first-order valence-electron chi connectivity index (χ1n) is 5.00. The number of carbonyl (C=O) groups excluding carboxylic acids is 1. The van der Waals surface area contributed by atoms with Crippen molar-refractivity contribution in [2.75, 3.05) is 6.61 Å². The van der Waals surface area contributed by atoms with Crippen molar-refractivity contribution in [2.24, 2.45) is 0 Å². The van der Waals surface area contributed by atoms with Gasteiger partial charge in [-0.25, -0.2) is 4.79 Å². The van der Waals surface area contributed by atoms with Gasteiger partial charge in [-0.3, -0.25) is 9.59 Å². The summed E-state index contributed by atoms with van der Waals surface area (Å²) in [6.45, 7) is 4.91. The zero-order chi connectivity index (χ0) is 13.6. The Morgan fingerprint density at radius 1 is 1.24 bits per heavy atom. The van der Waals surface area contributed by atoms with E-state index in [0.29, 0.717) is 0 Å². The van der Waals surface area contributed by atoms with Crippen LogP contribution in [-0.4, -0.2) is 46.3 Å². The van der Waals surface area contributed by atoms with Crippen molar-refractivity contribution in [1.82, 2.24) is 5.32 Å². The Hall–Kier alpha value is -1.63. The minimum atomic E-state index is -1.44. The van der Waals surface area contributed by atoms with Crippen molar-refractivity contribution in [3.8, 4) is 0 Å². The maximum Gasteiger partial charge on any atom is 0.326 e. The molecular formula is C10H17NO6. The van der Waals surface area contributed by atoms with E-state index >= 15 is 0 Å². The van der Waals surface area contributed by atoms with Gasteiger partial charge in [0.2, 0.25) is 5.91 Å². The van der Waals surface area contributed by atoms with Gasteiger partial charge < -0.3 is 20.3 Å². The standard InChI is InChI=1S/C10H17NO6/c1-10(2,3)17-5-7(12)11-6(9(15)16)4-8(13)14/h6H,4-5H2,1-3H3,(H,11,12)(H,13,14)(H,15,16)/t6-/m0/s1. The maximum absolute atomic E-state index is 11.3. The molecule has 0 fully saturated rings. The van der Waals surface area contributed by atoms with Gasteiger partial charge in [-0.15, -0.1) is 0 Å². The fourth-order valence-corrected chi connectivity index (χ4v) is 0.893. The highest BCUT2D eigenvalue weighted by Gasteiger charge is 2.23. The van der Waals surface area contributed by atoms with E-state index in [1.54, 1.807) is 20.8 Å². The number of hydrogen-bond donors (Lipinski definition) is 3. The second-order valence-corrected chi connectivity index (χ2v) is 4.46. The molecule has 0 aromatic rings. The minimum absolute atomic E-state index is 0.313. The SMILES string of the molecule is CC(C)(C)OCC(=O)N[C@@H](CC(=O)O)C(=O)O. The lowest BCUT2D eigenvalue weighted by Gasteiger charge is -2.20. The Bertz CT molecular complexity index is 306. The topological polar surface area (TPSA) is 113 Å². The van der Waals surface area contributed by atoms with Gasteiger partial charge in [0.1, 0.15) is 12.6 Å². The molecule has 7 nitrogen and oxygen atoms in total. The number of nitrogens with one attached hydrogen (secondary N) is 1. The monoisotopic (exact) mass is 247 g/mol. The van der Waals surface area contributed by atoms with Gasteiger partial charge in [0.25, 0.3) is 0 Å². The van der Waals surface area contributed by atoms with E-state index < -0.39 is 35.9 Å². The highest BCUT2D eigenvalue weighted by molar-refractivity contribution is 5.87. The summed E-state index contributed by atoms with van der Waals surface area (Å²) in [5.74, 6) is -3.35. The molecule has 17 heavy (non-hydrogen) atoms. The number of carboxylic acid groups (broad SMARTS) is 2. The summed E-state index contributed by atoms with van der Waals surface area (Å²) in [7, 11) is 0. The predicted molar refractivity (Wildman–Crippen MR) is 57.5 cm³/mol. The zero-order valence-corrected chi connectivity index (χ0v) is 10.0. The van der Waals surface area contributed by atoms with Crippen molar-refractivity contribution in [1.29, 1.82) is 0 Å². The molecule has 0 heterocycles. The Labute approximate surface area is 98.8 Å². The van der Waals surface area contributed by atoms with Gasteiger partial charge in [0.05, 0.1) is 12.0 Å². The van der Waals surface area contributed by atoms with Crippen LogP contribution < -0.4 is 5.32 Å². The highest BCUT2D eigenvalue weighted by atomic mass is 16.5. The van der Waals surface area contributed by atoms with Gasteiger partial charge in [-0.1, -0.05) is 0 Å². The molecule has 0 bridgehead atoms. The molecule has 0 aliphatic heterocycles. The molecule has 0 aliphatic rings. The Balaban J connectivity index is 4.22. The number of ether oxygens (including phenoxy) is 1. The van der Waals surface area contributed by atoms with Crippen LogP contribution in [0.15, 0.2) is 0 Å². The normalized spacial score (nSPS) is 12.9. The first-order valence-corrected chi connectivity index (χ1v) is 5.00. The van der Waals surface area contributed by atoms with E-state index in [4.69, 9.17) is 14.9 Å². The lowest BCUT2D eigenvalue weighted by Crippen LogP contribution is -2.44. The quantitative estimate of drug-likeness (QED) is 0.601. The van der Waals surface area contributed by atoms with Gasteiger partial charge in [0, 0.05) is 0 Å². The summed E-state index contributed by atoms with van der Waals surface area (Å²) in [5, 5.41) is 19.2. The summed E-state index contributed by atoms with van der Waals surface area (Å²) in [6, 6.07) is -1.44. The molecule has 7 heteroatoms. The molecule has 3 N–H and O–H groups in total. The van der Waals surface area contributed by atoms with Crippen LogP contribution in [0, 0.1) is 0 Å². The summed E-state index contributed by atoms with van der Waals surface area (Å²) in [6.07, 6.45) is -0.670. The maximum atomic E-state index is 11.3. The Kier molecular flexibility index (Phi) is 5.60. The molecule has 0 rings (SSSR count). The van der Waals surface area contributed by atoms with E-state index in [9.17, 15) is 14.4 Å². The molecule has 0 saturated heterocycles. The zero-order valence-electron chi connectivity index (χ0n) is 10.0. The summed E-state index contributed by atoms with van der Waals surface area (Å²) in [5.41, 5.74) is -0.525. The van der Waals surface area contributed by atoms with Crippen molar-refractivity contribution in [2.45, 2.75) is 38.8 Å². The van der Waals surface area contributed by atoms with E-state index in [0.717, 1.165) is 0 Å². The fraction of sp³-hybridized carbons (Fsp3) is 0.700. The highest BCUT2D eigenvalue weighted by Crippen LogP contribution is 2.05. The number of hydrogen-bond acceptors (Lipinski definition) is 4. The summed E-state index contributed by atoms with van der Waals surface area (Å²) >= 11 is 0. The van der Waals surface area contributed by atoms with E-state index in [-0.39, 0.29) is 6.61 Å². The first kappa shape index (κ1) is 15.4. The lowest BCUT2D eigenvalue weighted by molar-refractivity contribution is -0.148.